The Kier molecular flexibility index (Phi) is 7.50. The quantitative estimate of drug-likeness (QED) is 0.0993. The van der Waals surface area contributed by atoms with Crippen molar-refractivity contribution in [1.29, 1.82) is 0 Å². The van der Waals surface area contributed by atoms with Crippen molar-refractivity contribution < 1.29 is 43.2 Å². The Morgan fingerprint density at radius 1 is 0.925 bits per heavy atom. The number of benzene rings is 3. The molecule has 2 atom stereocenters. The average molecular weight is 570 g/mol. The van der Waals surface area contributed by atoms with Crippen LogP contribution >= 0.6 is 0 Å². The molecule has 15 heteroatoms. The number of carbonyl (C=O) groups is 2. The normalized spacial score (nSPS) is 17.0. The summed E-state index contributed by atoms with van der Waals surface area (Å²) in [4.78, 5) is 29.8. The van der Waals surface area contributed by atoms with Crippen LogP contribution in [-0.2, 0) is 19.6 Å². The first-order valence-corrected chi connectivity index (χ1v) is 12.9. The summed E-state index contributed by atoms with van der Waals surface area (Å²) < 4.78 is 35.0. The number of nitrogens with two attached hydrogens (primary N) is 1. The molecule has 208 valence electrons. The van der Waals surface area contributed by atoms with E-state index in [2.05, 4.69) is 20.0 Å². The number of carbonyl (C=O) groups excluding carboxylic acids is 2. The third-order valence-corrected chi connectivity index (χ3v) is 6.93. The number of aliphatic imine (C=N–C) groups is 1. The summed E-state index contributed by atoms with van der Waals surface area (Å²) in [7, 11) is -4.51. The van der Waals surface area contributed by atoms with E-state index in [1.54, 1.807) is 0 Å². The summed E-state index contributed by atoms with van der Waals surface area (Å²) in [5, 5.41) is 43.9. The third-order valence-electron chi connectivity index (χ3n) is 5.63. The van der Waals surface area contributed by atoms with E-state index in [0.29, 0.717) is 0 Å². The van der Waals surface area contributed by atoms with Gasteiger partial charge < -0.3 is 30.9 Å². The first-order chi connectivity index (χ1) is 18.9. The molecule has 0 aromatic heterocycles. The zero-order chi connectivity index (χ0) is 29.2. The molecule has 0 saturated carbocycles. The minimum absolute atomic E-state index is 0.00892. The molecule has 4 rings (SSSR count). The lowest BCUT2D eigenvalue weighted by molar-refractivity contribution is -0.122. The van der Waals surface area contributed by atoms with Crippen molar-refractivity contribution in [3.8, 4) is 23.0 Å². The van der Waals surface area contributed by atoms with E-state index in [-0.39, 0.29) is 22.0 Å². The number of ether oxygens (including phenoxy) is 1. The molecular formula is C25H23N5O9S. The van der Waals surface area contributed by atoms with Crippen molar-refractivity contribution in [1.82, 2.24) is 10.6 Å². The molecule has 0 bridgehead atoms. The van der Waals surface area contributed by atoms with Gasteiger partial charge in [0.2, 0.25) is 11.9 Å². The summed E-state index contributed by atoms with van der Waals surface area (Å²) in [6.07, 6.45) is -0.919. The SMILES string of the molecule is CC1OC(c2cccc(O)c2O)=N[C@@H]1C(=O)NC(=NS(=O)(=O)c1ccc(N)cc1)NC(=O)c1cccc(O)c1O. The Labute approximate surface area is 227 Å². The first-order valence-electron chi connectivity index (χ1n) is 11.5. The number of sulfonamides is 1. The number of para-hydroxylation sites is 2. The molecule has 8 N–H and O–H groups in total. The summed E-state index contributed by atoms with van der Waals surface area (Å²) in [6.45, 7) is 1.48. The molecule has 2 amide bonds. The number of phenolic OH excluding ortho intramolecular Hbond substituents is 4. The second kappa shape index (κ2) is 10.8. The highest BCUT2D eigenvalue weighted by Gasteiger charge is 2.36. The van der Waals surface area contributed by atoms with Crippen molar-refractivity contribution in [3.63, 3.8) is 0 Å². The zero-order valence-corrected chi connectivity index (χ0v) is 21.5. The molecule has 0 spiro atoms. The molecule has 0 radical (unpaired) electrons. The number of rotatable bonds is 5. The van der Waals surface area contributed by atoms with Crippen LogP contribution in [0.3, 0.4) is 0 Å². The van der Waals surface area contributed by atoms with Crippen molar-refractivity contribution in [3.05, 3.63) is 71.8 Å². The molecule has 3 aromatic carbocycles. The predicted octanol–water partition coefficient (Wildman–Crippen LogP) is 0.916. The number of nitrogens with zero attached hydrogens (tertiary/aromatic N) is 2. The largest absolute Gasteiger partial charge is 0.504 e. The fraction of sp³-hybridized carbons (Fsp3) is 0.120. The van der Waals surface area contributed by atoms with Crippen molar-refractivity contribution >= 4 is 39.4 Å². The third kappa shape index (κ3) is 5.73. The van der Waals surface area contributed by atoms with Crippen LogP contribution in [0.2, 0.25) is 0 Å². The van der Waals surface area contributed by atoms with Crippen molar-refractivity contribution in [2.75, 3.05) is 5.73 Å². The number of hydrogen-bond donors (Lipinski definition) is 7. The molecule has 3 aromatic rings. The lowest BCUT2D eigenvalue weighted by Gasteiger charge is -2.15. The van der Waals surface area contributed by atoms with Gasteiger partial charge in [-0.1, -0.05) is 12.1 Å². The molecule has 0 fully saturated rings. The predicted molar refractivity (Wildman–Crippen MR) is 141 cm³/mol. The van der Waals surface area contributed by atoms with Gasteiger partial charge in [-0.25, -0.2) is 4.99 Å². The van der Waals surface area contributed by atoms with Crippen LogP contribution < -0.4 is 16.4 Å². The van der Waals surface area contributed by atoms with Crippen LogP contribution in [0.15, 0.2) is 74.9 Å². The Bertz CT molecular complexity index is 1650. The Morgan fingerprint density at radius 2 is 1.55 bits per heavy atom. The van der Waals surface area contributed by atoms with E-state index < -0.39 is 68.5 Å². The fourth-order valence-electron chi connectivity index (χ4n) is 3.58. The van der Waals surface area contributed by atoms with E-state index >= 15 is 0 Å². The maximum atomic E-state index is 13.2. The number of nitrogens with one attached hydrogen (secondary N) is 2. The molecule has 0 aliphatic carbocycles. The minimum Gasteiger partial charge on any atom is -0.504 e. The number of hydrogen-bond acceptors (Lipinski definition) is 11. The fourth-order valence-corrected chi connectivity index (χ4v) is 4.50. The molecule has 1 aliphatic heterocycles. The van der Waals surface area contributed by atoms with Gasteiger partial charge in [0.15, 0.2) is 29.0 Å². The number of nitrogen functional groups attached to an aromatic ring is 1. The van der Waals surface area contributed by atoms with Crippen LogP contribution in [0.5, 0.6) is 23.0 Å². The number of phenols is 4. The van der Waals surface area contributed by atoms with Gasteiger partial charge in [0.05, 0.1) is 16.0 Å². The van der Waals surface area contributed by atoms with E-state index in [1.807, 2.05) is 0 Å². The van der Waals surface area contributed by atoms with Crippen molar-refractivity contribution in [2.24, 2.45) is 9.39 Å². The van der Waals surface area contributed by atoms with Gasteiger partial charge in [0, 0.05) is 5.69 Å². The van der Waals surface area contributed by atoms with Crippen molar-refractivity contribution in [2.45, 2.75) is 24.0 Å². The molecule has 0 saturated heterocycles. The van der Waals surface area contributed by atoms with Crippen LogP contribution in [0.25, 0.3) is 0 Å². The standard InChI is InChI=1S/C25H23N5O9S/c1-12-19(27-24(39-12)16-5-3-7-18(32)21(16)34)23(36)29-25(28-22(35)15-4-2-6-17(31)20(15)33)30-40(37,38)14-10-8-13(26)9-11-14/h2-12,19,31-34H,26H2,1H3,(H2,28,29,30,35,36)/t12?,19-/m0/s1. The summed E-state index contributed by atoms with van der Waals surface area (Å²) in [5.74, 6) is -5.43. The lowest BCUT2D eigenvalue weighted by Crippen LogP contribution is -2.49. The second-order valence-corrected chi connectivity index (χ2v) is 10.1. The monoisotopic (exact) mass is 569 g/mol. The second-order valence-electron chi connectivity index (χ2n) is 8.48. The Hall–Kier alpha value is -5.31. The van der Waals surface area contributed by atoms with E-state index in [9.17, 15) is 38.4 Å². The van der Waals surface area contributed by atoms with Gasteiger partial charge in [0.1, 0.15) is 6.10 Å². The zero-order valence-electron chi connectivity index (χ0n) is 20.6. The highest BCUT2D eigenvalue weighted by Crippen LogP contribution is 2.31. The van der Waals surface area contributed by atoms with Crippen LogP contribution in [0, 0.1) is 0 Å². The van der Waals surface area contributed by atoms with Crippen LogP contribution in [0.1, 0.15) is 22.8 Å². The van der Waals surface area contributed by atoms with Gasteiger partial charge in [-0.3, -0.25) is 20.2 Å². The Balaban J connectivity index is 1.67. The molecular weight excluding hydrogens is 546 g/mol. The average Bonchev–Trinajstić information content (AvgIpc) is 3.28. The molecule has 1 heterocycles. The smallest absolute Gasteiger partial charge is 0.285 e. The van der Waals surface area contributed by atoms with Gasteiger partial charge in [-0.15, -0.1) is 4.40 Å². The number of amides is 2. The summed E-state index contributed by atoms with van der Waals surface area (Å²) in [6, 6.07) is 11.2. The summed E-state index contributed by atoms with van der Waals surface area (Å²) in [5.41, 5.74) is 5.46. The molecule has 14 nitrogen and oxygen atoms in total. The van der Waals surface area contributed by atoms with Gasteiger partial charge in [0.25, 0.3) is 21.8 Å². The van der Waals surface area contributed by atoms with E-state index in [0.717, 1.165) is 12.1 Å². The molecule has 1 unspecified atom stereocenters. The van der Waals surface area contributed by atoms with E-state index in [4.69, 9.17) is 10.5 Å². The van der Waals surface area contributed by atoms with Gasteiger partial charge in [-0.2, -0.15) is 8.42 Å². The number of anilines is 1. The lowest BCUT2D eigenvalue weighted by atomic mass is 10.1. The van der Waals surface area contributed by atoms with Gasteiger partial charge >= 0.3 is 0 Å². The minimum atomic E-state index is -4.51. The highest BCUT2D eigenvalue weighted by molar-refractivity contribution is 7.90. The first kappa shape index (κ1) is 27.7. The molecule has 1 aliphatic rings. The maximum Gasteiger partial charge on any atom is 0.285 e. The van der Waals surface area contributed by atoms with Gasteiger partial charge in [-0.05, 0) is 55.5 Å². The number of guanidine groups is 1. The molecule has 40 heavy (non-hydrogen) atoms. The van der Waals surface area contributed by atoms with Crippen LogP contribution in [0.4, 0.5) is 5.69 Å². The highest BCUT2D eigenvalue weighted by atomic mass is 32.2. The summed E-state index contributed by atoms with van der Waals surface area (Å²) >= 11 is 0. The van der Waals surface area contributed by atoms with E-state index in [1.165, 1.54) is 55.5 Å². The topological polar surface area (TPSA) is 233 Å². The Morgan fingerprint density at radius 3 is 2.23 bits per heavy atom. The maximum absolute atomic E-state index is 13.2. The van der Waals surface area contributed by atoms with Crippen LogP contribution in [-0.4, -0.2) is 64.7 Å². The number of aromatic hydroxyl groups is 4.